The van der Waals surface area contributed by atoms with Crippen molar-refractivity contribution in [3.8, 4) is 0 Å². The molecule has 1 saturated heterocycles. The van der Waals surface area contributed by atoms with E-state index < -0.39 is 0 Å². The van der Waals surface area contributed by atoms with E-state index in [0.29, 0.717) is 11.7 Å². The van der Waals surface area contributed by atoms with Crippen molar-refractivity contribution in [2.75, 3.05) is 24.5 Å². The quantitative estimate of drug-likeness (QED) is 0.874. The minimum absolute atomic E-state index is 0.670. The van der Waals surface area contributed by atoms with E-state index in [9.17, 15) is 0 Å². The molecule has 0 atom stereocenters. The Morgan fingerprint density at radius 3 is 2.80 bits per heavy atom. The van der Waals surface area contributed by atoms with Gasteiger partial charge in [0.25, 0.3) is 0 Å². The zero-order valence-electron chi connectivity index (χ0n) is 11.4. The number of rotatable bonds is 4. The van der Waals surface area contributed by atoms with Crippen LogP contribution in [0.5, 0.6) is 0 Å². The van der Waals surface area contributed by atoms with E-state index in [2.05, 4.69) is 30.8 Å². The molecule has 0 amide bonds. The van der Waals surface area contributed by atoms with Gasteiger partial charge in [0.2, 0.25) is 0 Å². The highest BCUT2D eigenvalue weighted by Gasteiger charge is 2.24. The monoisotopic (exact) mass is 273 g/mol. The minimum atomic E-state index is 0.670. The first-order valence-corrected chi connectivity index (χ1v) is 7.42. The topological polar surface area (TPSA) is 71.2 Å². The molecule has 0 spiro atoms. The fourth-order valence-electron chi connectivity index (χ4n) is 2.78. The van der Waals surface area contributed by atoms with E-state index in [1.165, 1.54) is 36.9 Å². The van der Waals surface area contributed by atoms with Crippen molar-refractivity contribution in [1.29, 1.82) is 0 Å². The molecule has 20 heavy (non-hydrogen) atoms. The van der Waals surface area contributed by atoms with Crippen LogP contribution in [-0.4, -0.2) is 50.9 Å². The number of tetrazole rings is 1. The zero-order chi connectivity index (χ0) is 13.4. The van der Waals surface area contributed by atoms with Crippen molar-refractivity contribution in [3.05, 3.63) is 12.1 Å². The lowest BCUT2D eigenvalue weighted by Crippen LogP contribution is -2.43. The molecular weight excluding hydrogens is 254 g/mol. The molecule has 0 unspecified atom stereocenters. The maximum absolute atomic E-state index is 4.45. The van der Waals surface area contributed by atoms with Crippen LogP contribution in [0.25, 0.3) is 5.65 Å². The maximum atomic E-state index is 4.45. The average molecular weight is 273 g/mol. The SMILES string of the molecule is c1cc2nnnn2nc1N1CCC(NCC2CC2)CC1. The molecular formula is C13H19N7. The van der Waals surface area contributed by atoms with Crippen LogP contribution in [-0.2, 0) is 0 Å². The first kappa shape index (κ1) is 12.0. The van der Waals surface area contributed by atoms with Crippen molar-refractivity contribution in [3.63, 3.8) is 0 Å². The van der Waals surface area contributed by atoms with Gasteiger partial charge >= 0.3 is 0 Å². The molecule has 2 aliphatic rings. The second kappa shape index (κ2) is 4.97. The van der Waals surface area contributed by atoms with Crippen molar-refractivity contribution in [2.45, 2.75) is 31.7 Å². The number of nitrogens with one attached hydrogen (secondary N) is 1. The third-order valence-corrected chi connectivity index (χ3v) is 4.27. The molecule has 2 aromatic rings. The molecule has 1 aliphatic carbocycles. The van der Waals surface area contributed by atoms with Gasteiger partial charge in [0.05, 0.1) is 0 Å². The highest BCUT2D eigenvalue weighted by molar-refractivity contribution is 5.44. The third-order valence-electron chi connectivity index (χ3n) is 4.27. The molecule has 1 saturated carbocycles. The summed E-state index contributed by atoms with van der Waals surface area (Å²) < 4.78 is 1.49. The fourth-order valence-corrected chi connectivity index (χ4v) is 2.78. The number of piperidine rings is 1. The lowest BCUT2D eigenvalue weighted by molar-refractivity contribution is 0.407. The van der Waals surface area contributed by atoms with Crippen molar-refractivity contribution in [2.24, 2.45) is 5.92 Å². The number of anilines is 1. The van der Waals surface area contributed by atoms with Crippen LogP contribution in [0.15, 0.2) is 12.1 Å². The summed E-state index contributed by atoms with van der Waals surface area (Å²) in [6, 6.07) is 4.59. The highest BCUT2D eigenvalue weighted by Crippen LogP contribution is 2.28. The summed E-state index contributed by atoms with van der Waals surface area (Å²) in [5.74, 6) is 1.92. The van der Waals surface area contributed by atoms with Crippen LogP contribution in [0.4, 0.5) is 5.82 Å². The van der Waals surface area contributed by atoms with Crippen LogP contribution >= 0.6 is 0 Å². The molecule has 3 heterocycles. The Labute approximate surface area is 117 Å². The number of nitrogens with zero attached hydrogens (tertiary/aromatic N) is 6. The van der Waals surface area contributed by atoms with E-state index in [4.69, 9.17) is 0 Å². The molecule has 2 aromatic heterocycles. The van der Waals surface area contributed by atoms with Crippen LogP contribution < -0.4 is 10.2 Å². The zero-order valence-corrected chi connectivity index (χ0v) is 11.4. The number of hydrogen-bond acceptors (Lipinski definition) is 6. The Hall–Kier alpha value is -1.76. The van der Waals surface area contributed by atoms with Crippen LogP contribution in [0.1, 0.15) is 25.7 Å². The van der Waals surface area contributed by atoms with E-state index >= 15 is 0 Å². The maximum Gasteiger partial charge on any atom is 0.200 e. The lowest BCUT2D eigenvalue weighted by atomic mass is 10.0. The predicted octanol–water partition coefficient (Wildman–Crippen LogP) is 0.488. The van der Waals surface area contributed by atoms with Crippen molar-refractivity contribution < 1.29 is 0 Å². The standard InChI is InChI=1S/C13H19N7/c1-2-10(1)9-14-11-5-7-19(8-6-11)13-4-3-12-15-17-18-20(12)16-13/h3-4,10-11,14H,1-2,5-9H2. The van der Waals surface area contributed by atoms with E-state index in [-0.39, 0.29) is 0 Å². The second-order valence-corrected chi connectivity index (χ2v) is 5.83. The second-order valence-electron chi connectivity index (χ2n) is 5.83. The largest absolute Gasteiger partial charge is 0.355 e. The first-order chi connectivity index (χ1) is 9.88. The fraction of sp³-hybridized carbons (Fsp3) is 0.692. The van der Waals surface area contributed by atoms with Crippen LogP contribution in [0.2, 0.25) is 0 Å². The Bertz CT molecular complexity index is 583. The number of fused-ring (bicyclic) bond motifs is 1. The molecule has 0 aromatic carbocycles. The smallest absolute Gasteiger partial charge is 0.200 e. The van der Waals surface area contributed by atoms with Gasteiger partial charge in [-0.2, -0.15) is 0 Å². The van der Waals surface area contributed by atoms with E-state index in [1.807, 2.05) is 12.1 Å². The molecule has 7 nitrogen and oxygen atoms in total. The van der Waals surface area contributed by atoms with Gasteiger partial charge in [-0.15, -0.1) is 14.8 Å². The van der Waals surface area contributed by atoms with Gasteiger partial charge in [0.1, 0.15) is 0 Å². The van der Waals surface area contributed by atoms with Gasteiger partial charge in [-0.1, -0.05) is 0 Å². The number of hydrogen-bond donors (Lipinski definition) is 1. The van der Waals surface area contributed by atoms with Crippen LogP contribution in [0.3, 0.4) is 0 Å². The summed E-state index contributed by atoms with van der Waals surface area (Å²) in [4.78, 5) is 2.32. The summed E-state index contributed by atoms with van der Waals surface area (Å²) in [5.41, 5.74) is 0.690. The minimum Gasteiger partial charge on any atom is -0.355 e. The summed E-state index contributed by atoms with van der Waals surface area (Å²) in [5, 5.41) is 19.5. The van der Waals surface area contributed by atoms with Gasteiger partial charge < -0.3 is 10.2 Å². The molecule has 0 bridgehead atoms. The van der Waals surface area contributed by atoms with E-state index in [1.54, 1.807) is 0 Å². The Balaban J connectivity index is 1.37. The van der Waals surface area contributed by atoms with Crippen molar-refractivity contribution in [1.82, 2.24) is 30.6 Å². The lowest BCUT2D eigenvalue weighted by Gasteiger charge is -2.33. The molecule has 2 fully saturated rings. The molecule has 7 heteroatoms. The molecule has 106 valence electrons. The van der Waals surface area contributed by atoms with Gasteiger partial charge in [0, 0.05) is 19.1 Å². The van der Waals surface area contributed by atoms with E-state index in [0.717, 1.165) is 24.8 Å². The van der Waals surface area contributed by atoms with Gasteiger partial charge in [-0.25, -0.2) is 0 Å². The molecule has 4 rings (SSSR count). The average Bonchev–Trinajstić information content (AvgIpc) is 3.21. The molecule has 0 radical (unpaired) electrons. The van der Waals surface area contributed by atoms with Gasteiger partial charge in [0.15, 0.2) is 11.5 Å². The predicted molar refractivity (Wildman–Crippen MR) is 74.5 cm³/mol. The summed E-state index contributed by atoms with van der Waals surface area (Å²) >= 11 is 0. The Morgan fingerprint density at radius 2 is 2.00 bits per heavy atom. The number of aromatic nitrogens is 5. The Kier molecular flexibility index (Phi) is 2.99. The Morgan fingerprint density at radius 1 is 1.15 bits per heavy atom. The van der Waals surface area contributed by atoms with Gasteiger partial charge in [-0.05, 0) is 60.7 Å². The first-order valence-electron chi connectivity index (χ1n) is 7.42. The normalized spacial score (nSPS) is 20.7. The summed E-state index contributed by atoms with van der Waals surface area (Å²) in [7, 11) is 0. The van der Waals surface area contributed by atoms with Crippen LogP contribution in [0, 0.1) is 5.92 Å². The van der Waals surface area contributed by atoms with Gasteiger partial charge in [-0.3, -0.25) is 0 Å². The molecule has 1 N–H and O–H groups in total. The summed E-state index contributed by atoms with van der Waals surface area (Å²) in [6.45, 7) is 3.30. The third kappa shape index (κ3) is 2.45. The summed E-state index contributed by atoms with van der Waals surface area (Å²) in [6.07, 6.45) is 5.20. The highest BCUT2D eigenvalue weighted by atomic mass is 15.6. The molecule has 1 aliphatic heterocycles. The van der Waals surface area contributed by atoms with Crippen molar-refractivity contribution >= 4 is 11.5 Å².